The van der Waals surface area contributed by atoms with Gasteiger partial charge in [-0.1, -0.05) is 24.3 Å². The number of carbonyl (C=O) groups excluding carboxylic acids is 1. The van der Waals surface area contributed by atoms with E-state index >= 15 is 0 Å². The third-order valence-corrected chi connectivity index (χ3v) is 4.89. The summed E-state index contributed by atoms with van der Waals surface area (Å²) >= 11 is 0. The van der Waals surface area contributed by atoms with E-state index in [2.05, 4.69) is 45.3 Å². The maximum atomic E-state index is 12.2. The highest BCUT2D eigenvalue weighted by Gasteiger charge is 2.07. The predicted molar refractivity (Wildman–Crippen MR) is 114 cm³/mol. The average molecular weight is 370 g/mol. The Balaban J connectivity index is 1.39. The first-order valence-corrected chi connectivity index (χ1v) is 9.33. The Kier molecular flexibility index (Phi) is 4.89. The van der Waals surface area contributed by atoms with Gasteiger partial charge in [0.15, 0.2) is 0 Å². The van der Waals surface area contributed by atoms with Crippen LogP contribution in [0.2, 0.25) is 0 Å². The molecule has 4 aromatic rings. The number of hydrazone groups is 1. The smallest absolute Gasteiger partial charge is 0.241 e. The quantitative estimate of drug-likeness (QED) is 0.419. The van der Waals surface area contributed by atoms with Gasteiger partial charge in [0.05, 0.1) is 11.7 Å². The largest absolute Gasteiger partial charge is 0.347 e. The zero-order valence-electron chi connectivity index (χ0n) is 16.0. The monoisotopic (exact) mass is 370 g/mol. The molecule has 0 saturated heterocycles. The second kappa shape index (κ2) is 7.64. The third kappa shape index (κ3) is 3.64. The van der Waals surface area contributed by atoms with Crippen molar-refractivity contribution in [1.29, 1.82) is 0 Å². The van der Waals surface area contributed by atoms with E-state index in [-0.39, 0.29) is 5.91 Å². The van der Waals surface area contributed by atoms with Gasteiger partial charge in [-0.3, -0.25) is 9.78 Å². The standard InChI is InChI=1S/C23H22N4O/c1-16-12-18(13-19-6-5-10-24-23(16)19)14-25-26-22(28)9-11-27-15-17(2)20-7-3-4-8-21(20)27/h3-8,10,12-15H,9,11H2,1-2H3,(H,26,28)/b25-14+. The van der Waals surface area contributed by atoms with E-state index in [1.54, 1.807) is 12.4 Å². The highest BCUT2D eigenvalue weighted by molar-refractivity contribution is 5.91. The van der Waals surface area contributed by atoms with Crippen LogP contribution >= 0.6 is 0 Å². The summed E-state index contributed by atoms with van der Waals surface area (Å²) < 4.78 is 2.12. The predicted octanol–water partition coefficient (Wildman–Crippen LogP) is 4.35. The molecule has 2 aromatic heterocycles. The Bertz CT molecular complexity index is 1190. The molecule has 0 aliphatic carbocycles. The van der Waals surface area contributed by atoms with Gasteiger partial charge in [0.1, 0.15) is 0 Å². The van der Waals surface area contributed by atoms with Crippen LogP contribution in [-0.2, 0) is 11.3 Å². The highest BCUT2D eigenvalue weighted by atomic mass is 16.2. The van der Waals surface area contributed by atoms with Crippen molar-refractivity contribution < 1.29 is 4.79 Å². The number of aromatic nitrogens is 2. The summed E-state index contributed by atoms with van der Waals surface area (Å²) in [4.78, 5) is 16.6. The zero-order chi connectivity index (χ0) is 19.5. The van der Waals surface area contributed by atoms with Gasteiger partial charge < -0.3 is 4.57 Å². The van der Waals surface area contributed by atoms with E-state index in [9.17, 15) is 4.79 Å². The van der Waals surface area contributed by atoms with E-state index < -0.39 is 0 Å². The maximum absolute atomic E-state index is 12.2. The molecule has 0 bridgehead atoms. The van der Waals surface area contributed by atoms with Gasteiger partial charge in [0.25, 0.3) is 0 Å². The van der Waals surface area contributed by atoms with Crippen molar-refractivity contribution in [3.63, 3.8) is 0 Å². The minimum Gasteiger partial charge on any atom is -0.347 e. The lowest BCUT2D eigenvalue weighted by Gasteiger charge is -2.05. The number of rotatable bonds is 5. The lowest BCUT2D eigenvalue weighted by molar-refractivity contribution is -0.121. The Morgan fingerprint density at radius 1 is 1.14 bits per heavy atom. The molecule has 0 saturated carbocycles. The van der Waals surface area contributed by atoms with Crippen LogP contribution in [0.1, 0.15) is 23.1 Å². The van der Waals surface area contributed by atoms with E-state index in [0.29, 0.717) is 13.0 Å². The molecule has 0 fully saturated rings. The second-order valence-electron chi connectivity index (χ2n) is 6.98. The van der Waals surface area contributed by atoms with Crippen molar-refractivity contribution in [2.24, 2.45) is 5.10 Å². The molecule has 0 aliphatic heterocycles. The highest BCUT2D eigenvalue weighted by Crippen LogP contribution is 2.20. The number of aryl methyl sites for hydroxylation is 3. The molecule has 2 aromatic carbocycles. The number of carbonyl (C=O) groups is 1. The first kappa shape index (κ1) is 17.9. The molecule has 0 unspecified atom stereocenters. The minimum absolute atomic E-state index is 0.106. The van der Waals surface area contributed by atoms with Crippen molar-refractivity contribution in [2.45, 2.75) is 26.8 Å². The van der Waals surface area contributed by atoms with Crippen LogP contribution in [-0.4, -0.2) is 21.7 Å². The summed E-state index contributed by atoms with van der Waals surface area (Å²) in [6.07, 6.45) is 5.93. The van der Waals surface area contributed by atoms with Gasteiger partial charge in [-0.15, -0.1) is 0 Å². The van der Waals surface area contributed by atoms with Crippen LogP contribution in [0.5, 0.6) is 0 Å². The number of amides is 1. The van der Waals surface area contributed by atoms with E-state index in [4.69, 9.17) is 0 Å². The number of para-hydroxylation sites is 1. The number of nitrogens with zero attached hydrogens (tertiary/aromatic N) is 3. The van der Waals surface area contributed by atoms with Crippen molar-refractivity contribution in [3.8, 4) is 0 Å². The van der Waals surface area contributed by atoms with Crippen molar-refractivity contribution >= 4 is 33.9 Å². The first-order chi connectivity index (χ1) is 13.6. The summed E-state index contributed by atoms with van der Waals surface area (Å²) in [6.45, 7) is 4.73. The van der Waals surface area contributed by atoms with Crippen LogP contribution in [0.25, 0.3) is 21.8 Å². The molecule has 0 atom stereocenters. The summed E-state index contributed by atoms with van der Waals surface area (Å²) in [7, 11) is 0. The maximum Gasteiger partial charge on any atom is 0.241 e. The van der Waals surface area contributed by atoms with Gasteiger partial charge in [0, 0.05) is 41.6 Å². The third-order valence-electron chi connectivity index (χ3n) is 4.89. The molecule has 0 spiro atoms. The van der Waals surface area contributed by atoms with Crippen LogP contribution in [0.3, 0.4) is 0 Å². The van der Waals surface area contributed by atoms with Gasteiger partial charge in [-0.25, -0.2) is 5.43 Å². The van der Waals surface area contributed by atoms with E-state index in [1.807, 2.05) is 43.3 Å². The Morgan fingerprint density at radius 2 is 2.00 bits per heavy atom. The van der Waals surface area contributed by atoms with Crippen molar-refractivity contribution in [2.75, 3.05) is 0 Å². The van der Waals surface area contributed by atoms with Gasteiger partial charge in [0.2, 0.25) is 5.91 Å². The SMILES string of the molecule is Cc1cn(CCC(=O)N/N=C/c2cc(C)c3ncccc3c2)c2ccccc12. The van der Waals surface area contributed by atoms with E-state index in [1.165, 1.54) is 10.9 Å². The van der Waals surface area contributed by atoms with Crippen molar-refractivity contribution in [1.82, 2.24) is 15.0 Å². The Morgan fingerprint density at radius 3 is 2.89 bits per heavy atom. The normalized spacial score (nSPS) is 11.5. The molecule has 5 nitrogen and oxygen atoms in total. The molecule has 5 heteroatoms. The summed E-state index contributed by atoms with van der Waals surface area (Å²) in [5, 5.41) is 6.40. The number of fused-ring (bicyclic) bond motifs is 2. The number of nitrogens with one attached hydrogen (secondary N) is 1. The molecule has 4 rings (SSSR count). The Labute approximate surface area is 163 Å². The molecular weight excluding hydrogens is 348 g/mol. The topological polar surface area (TPSA) is 59.3 Å². The summed E-state index contributed by atoms with van der Waals surface area (Å²) in [6, 6.07) is 16.2. The lowest BCUT2D eigenvalue weighted by Crippen LogP contribution is -2.19. The number of hydrogen-bond acceptors (Lipinski definition) is 3. The molecule has 28 heavy (non-hydrogen) atoms. The molecule has 0 aliphatic rings. The van der Waals surface area contributed by atoms with Crippen LogP contribution < -0.4 is 5.43 Å². The zero-order valence-corrected chi connectivity index (χ0v) is 16.0. The van der Waals surface area contributed by atoms with Crippen molar-refractivity contribution in [3.05, 3.63) is 77.6 Å². The minimum atomic E-state index is -0.106. The number of pyridine rings is 1. The average Bonchev–Trinajstić information content (AvgIpc) is 3.03. The number of benzene rings is 2. The molecule has 140 valence electrons. The van der Waals surface area contributed by atoms with Gasteiger partial charge in [-0.2, -0.15) is 5.10 Å². The second-order valence-corrected chi connectivity index (χ2v) is 6.98. The fraction of sp³-hybridized carbons (Fsp3) is 0.174. The van der Waals surface area contributed by atoms with Gasteiger partial charge >= 0.3 is 0 Å². The fourth-order valence-electron chi connectivity index (χ4n) is 3.55. The van der Waals surface area contributed by atoms with Crippen LogP contribution in [0.15, 0.2) is 66.0 Å². The molecule has 1 N–H and O–H groups in total. The Hall–Kier alpha value is -3.47. The number of hydrogen-bond donors (Lipinski definition) is 1. The lowest BCUT2D eigenvalue weighted by atomic mass is 10.1. The van der Waals surface area contributed by atoms with Gasteiger partial charge in [-0.05, 0) is 54.8 Å². The van der Waals surface area contributed by atoms with Crippen LogP contribution in [0, 0.1) is 13.8 Å². The fourth-order valence-corrected chi connectivity index (χ4v) is 3.55. The summed E-state index contributed by atoms with van der Waals surface area (Å²) in [5.41, 5.74) is 8.00. The molecule has 0 radical (unpaired) electrons. The first-order valence-electron chi connectivity index (χ1n) is 9.33. The molecular formula is C23H22N4O. The van der Waals surface area contributed by atoms with Crippen LogP contribution in [0.4, 0.5) is 0 Å². The summed E-state index contributed by atoms with van der Waals surface area (Å²) in [5.74, 6) is -0.106. The molecule has 1 amide bonds. The molecule has 2 heterocycles. The van der Waals surface area contributed by atoms with E-state index in [0.717, 1.165) is 27.5 Å².